The molecule has 0 aliphatic heterocycles. The van der Waals surface area contributed by atoms with Gasteiger partial charge in [0.2, 0.25) is 0 Å². The number of hydrogen-bond acceptors (Lipinski definition) is 4. The monoisotopic (exact) mass is 576 g/mol. The summed E-state index contributed by atoms with van der Waals surface area (Å²) in [6.45, 7) is 0. The smallest absolute Gasteiger partial charge is 0.311 e. The summed E-state index contributed by atoms with van der Waals surface area (Å²) < 4.78 is 0. The van der Waals surface area contributed by atoms with Crippen LogP contribution in [0.1, 0.15) is 56.5 Å². The van der Waals surface area contributed by atoms with Gasteiger partial charge >= 0.3 is 11.9 Å². The van der Waals surface area contributed by atoms with Crippen LogP contribution in [0.3, 0.4) is 0 Å². The highest BCUT2D eigenvalue weighted by Gasteiger charge is 2.25. The molecule has 2 N–H and O–H groups in total. The Morgan fingerprint density at radius 1 is 0.525 bits per heavy atom. The SMILES string of the molecule is O=C(C[C@@H](C(=O)O)c1cccc(Cl)c1)c1ccccc1.O=C(C[C@H](C(=O)O)c1cccc(Cl)c1)c1ccccc1. The van der Waals surface area contributed by atoms with Gasteiger partial charge in [0.15, 0.2) is 11.6 Å². The summed E-state index contributed by atoms with van der Waals surface area (Å²) in [5, 5.41) is 19.6. The van der Waals surface area contributed by atoms with Crippen LogP contribution in [0.4, 0.5) is 0 Å². The van der Waals surface area contributed by atoms with Gasteiger partial charge in [-0.2, -0.15) is 0 Å². The molecule has 4 aromatic rings. The molecule has 0 spiro atoms. The Morgan fingerprint density at radius 3 is 1.18 bits per heavy atom. The average molecular weight is 577 g/mol. The molecule has 40 heavy (non-hydrogen) atoms. The summed E-state index contributed by atoms with van der Waals surface area (Å²) in [4.78, 5) is 47.0. The van der Waals surface area contributed by atoms with Gasteiger partial charge in [-0.3, -0.25) is 19.2 Å². The Kier molecular flexibility index (Phi) is 11.2. The summed E-state index contributed by atoms with van der Waals surface area (Å²) >= 11 is 11.7. The molecule has 8 heteroatoms. The maximum absolute atomic E-state index is 12.1. The van der Waals surface area contributed by atoms with Crippen LogP contribution in [-0.4, -0.2) is 33.7 Å². The molecule has 0 fully saturated rings. The van der Waals surface area contributed by atoms with Crippen LogP contribution in [0.2, 0.25) is 10.0 Å². The second-order valence-corrected chi connectivity index (χ2v) is 9.75. The second kappa shape index (κ2) is 14.8. The first kappa shape index (κ1) is 30.3. The predicted molar refractivity (Wildman–Crippen MR) is 154 cm³/mol. The lowest BCUT2D eigenvalue weighted by atomic mass is 9.92. The van der Waals surface area contributed by atoms with Crippen molar-refractivity contribution >= 4 is 46.7 Å². The third kappa shape index (κ3) is 8.90. The van der Waals surface area contributed by atoms with E-state index in [-0.39, 0.29) is 24.4 Å². The fourth-order valence-corrected chi connectivity index (χ4v) is 4.39. The van der Waals surface area contributed by atoms with Crippen molar-refractivity contribution in [1.29, 1.82) is 0 Å². The number of halogens is 2. The maximum atomic E-state index is 12.1. The van der Waals surface area contributed by atoms with Crippen molar-refractivity contribution in [2.45, 2.75) is 24.7 Å². The van der Waals surface area contributed by atoms with Crippen LogP contribution in [0.25, 0.3) is 0 Å². The Labute approximate surface area is 241 Å². The van der Waals surface area contributed by atoms with Crippen LogP contribution in [-0.2, 0) is 9.59 Å². The van der Waals surface area contributed by atoms with Crippen LogP contribution in [0.15, 0.2) is 109 Å². The topological polar surface area (TPSA) is 109 Å². The molecular formula is C32H26Cl2O6. The number of benzene rings is 4. The zero-order valence-corrected chi connectivity index (χ0v) is 22.8. The van der Waals surface area contributed by atoms with Crippen LogP contribution in [0.5, 0.6) is 0 Å². The number of rotatable bonds is 10. The summed E-state index contributed by atoms with van der Waals surface area (Å²) in [5.41, 5.74) is 2.10. The van der Waals surface area contributed by atoms with Gasteiger partial charge in [0.05, 0.1) is 11.8 Å². The first-order chi connectivity index (χ1) is 19.2. The van der Waals surface area contributed by atoms with E-state index >= 15 is 0 Å². The Hall–Kier alpha value is -4.26. The number of aliphatic carboxylic acids is 2. The number of hydrogen-bond donors (Lipinski definition) is 2. The van der Waals surface area contributed by atoms with Gasteiger partial charge in [-0.25, -0.2) is 0 Å². The number of Topliss-reactive ketones (excluding diaryl/α,β-unsaturated/α-hetero) is 2. The third-order valence-electron chi connectivity index (χ3n) is 6.07. The fraction of sp³-hybridized carbons (Fsp3) is 0.125. The third-order valence-corrected chi connectivity index (χ3v) is 6.54. The van der Waals surface area contributed by atoms with Crippen molar-refractivity contribution in [3.05, 3.63) is 141 Å². The molecule has 2 atom stereocenters. The Bertz CT molecular complexity index is 1360. The predicted octanol–water partition coefficient (Wildman–Crippen LogP) is 7.56. The van der Waals surface area contributed by atoms with Crippen molar-refractivity contribution in [2.75, 3.05) is 0 Å². The van der Waals surface area contributed by atoms with Crippen LogP contribution in [0, 0.1) is 0 Å². The lowest BCUT2D eigenvalue weighted by Crippen LogP contribution is -2.16. The molecule has 0 aromatic heterocycles. The Balaban J connectivity index is 0.000000220. The van der Waals surface area contributed by atoms with E-state index in [1.807, 2.05) is 12.1 Å². The molecule has 0 saturated heterocycles. The maximum Gasteiger partial charge on any atom is 0.311 e. The number of carbonyl (C=O) groups excluding carboxylic acids is 2. The van der Waals surface area contributed by atoms with Gasteiger partial charge in [-0.1, -0.05) is 108 Å². The van der Waals surface area contributed by atoms with Crippen molar-refractivity contribution < 1.29 is 29.4 Å². The van der Waals surface area contributed by atoms with E-state index in [9.17, 15) is 29.4 Å². The standard InChI is InChI=1S/2C16H13ClO3/c2*17-13-8-4-7-12(9-13)14(16(19)20)10-15(18)11-5-2-1-3-6-11/h2*1-9,14H,10H2,(H,19,20)/t2*14-/m10/s1. The minimum Gasteiger partial charge on any atom is -0.481 e. The van der Waals surface area contributed by atoms with Crippen molar-refractivity contribution in [2.24, 2.45) is 0 Å². The van der Waals surface area contributed by atoms with Gasteiger partial charge in [0, 0.05) is 34.0 Å². The van der Waals surface area contributed by atoms with E-state index in [1.54, 1.807) is 97.1 Å². The lowest BCUT2D eigenvalue weighted by molar-refractivity contribution is -0.139. The molecule has 0 aliphatic carbocycles. The first-order valence-electron chi connectivity index (χ1n) is 12.3. The molecule has 0 radical (unpaired) electrons. The van der Waals surface area contributed by atoms with Crippen LogP contribution < -0.4 is 0 Å². The molecule has 0 unspecified atom stereocenters. The zero-order chi connectivity index (χ0) is 29.1. The number of ketones is 2. The molecule has 204 valence electrons. The van der Waals surface area contributed by atoms with Gasteiger partial charge < -0.3 is 10.2 Å². The van der Waals surface area contributed by atoms with E-state index in [0.717, 1.165) is 0 Å². The quantitative estimate of drug-likeness (QED) is 0.188. The molecular weight excluding hydrogens is 551 g/mol. The van der Waals surface area contributed by atoms with E-state index in [1.165, 1.54) is 0 Å². The largest absolute Gasteiger partial charge is 0.481 e. The number of carboxylic acid groups (broad SMARTS) is 2. The second-order valence-electron chi connectivity index (χ2n) is 8.88. The van der Waals surface area contributed by atoms with Gasteiger partial charge in [0.1, 0.15) is 0 Å². The highest BCUT2D eigenvalue weighted by atomic mass is 35.5. The molecule has 4 aromatic carbocycles. The molecule has 0 heterocycles. The van der Waals surface area contributed by atoms with E-state index < -0.39 is 23.8 Å². The molecule has 0 aliphatic rings. The molecule has 0 saturated carbocycles. The van der Waals surface area contributed by atoms with Gasteiger partial charge in [-0.15, -0.1) is 0 Å². The highest BCUT2D eigenvalue weighted by Crippen LogP contribution is 2.26. The summed E-state index contributed by atoms with van der Waals surface area (Å²) in [6, 6.07) is 30.5. The number of carbonyl (C=O) groups is 4. The van der Waals surface area contributed by atoms with E-state index in [2.05, 4.69) is 0 Å². The van der Waals surface area contributed by atoms with Crippen molar-refractivity contribution in [3.63, 3.8) is 0 Å². The lowest BCUT2D eigenvalue weighted by Gasteiger charge is -2.12. The molecule has 4 rings (SSSR count). The normalized spacial score (nSPS) is 11.8. The zero-order valence-electron chi connectivity index (χ0n) is 21.2. The van der Waals surface area contributed by atoms with E-state index in [4.69, 9.17) is 23.2 Å². The van der Waals surface area contributed by atoms with Gasteiger partial charge in [0.25, 0.3) is 0 Å². The minimum absolute atomic E-state index is 0.0836. The van der Waals surface area contributed by atoms with Crippen LogP contribution >= 0.6 is 23.2 Å². The summed E-state index contributed by atoms with van der Waals surface area (Å²) in [5.74, 6) is -4.23. The average Bonchev–Trinajstić information content (AvgIpc) is 2.95. The summed E-state index contributed by atoms with van der Waals surface area (Å²) in [7, 11) is 0. The minimum atomic E-state index is -1.03. The molecule has 6 nitrogen and oxygen atoms in total. The van der Waals surface area contributed by atoms with Crippen molar-refractivity contribution in [1.82, 2.24) is 0 Å². The number of carboxylic acids is 2. The van der Waals surface area contributed by atoms with Crippen molar-refractivity contribution in [3.8, 4) is 0 Å². The molecule has 0 bridgehead atoms. The fourth-order valence-electron chi connectivity index (χ4n) is 4.00. The first-order valence-corrected chi connectivity index (χ1v) is 13.0. The Morgan fingerprint density at radius 2 is 0.875 bits per heavy atom. The highest BCUT2D eigenvalue weighted by molar-refractivity contribution is 6.31. The van der Waals surface area contributed by atoms with Gasteiger partial charge in [-0.05, 0) is 35.4 Å². The molecule has 0 amide bonds. The summed E-state index contributed by atoms with van der Waals surface area (Å²) in [6.07, 6.45) is -0.167. The van der Waals surface area contributed by atoms with E-state index in [0.29, 0.717) is 32.3 Å².